The van der Waals surface area contributed by atoms with Gasteiger partial charge in [-0.2, -0.15) is 0 Å². The second-order valence-electron chi connectivity index (χ2n) is 6.21. The predicted molar refractivity (Wildman–Crippen MR) is 99.6 cm³/mol. The van der Waals surface area contributed by atoms with E-state index < -0.39 is 0 Å². The molecule has 0 unspecified atom stereocenters. The van der Waals surface area contributed by atoms with E-state index in [4.69, 9.17) is 4.74 Å². The quantitative estimate of drug-likeness (QED) is 0.775. The molecule has 3 rings (SSSR count). The highest BCUT2D eigenvalue weighted by Gasteiger charge is 2.25. The molecule has 6 heteroatoms. The summed E-state index contributed by atoms with van der Waals surface area (Å²) in [5, 5.41) is 2.05. The van der Waals surface area contributed by atoms with Crippen LogP contribution in [0.1, 0.15) is 19.4 Å². The molecule has 0 saturated carbocycles. The van der Waals surface area contributed by atoms with Crippen LogP contribution in [-0.4, -0.2) is 46.8 Å². The van der Waals surface area contributed by atoms with Crippen molar-refractivity contribution in [2.45, 2.75) is 37.3 Å². The number of rotatable bonds is 4. The van der Waals surface area contributed by atoms with E-state index in [1.165, 1.54) is 17.3 Å². The summed E-state index contributed by atoms with van der Waals surface area (Å²) in [5.74, 6) is 0.592. The van der Waals surface area contributed by atoms with Gasteiger partial charge in [0.1, 0.15) is 0 Å². The smallest absolute Gasteiger partial charge is 0.233 e. The first kappa shape index (κ1) is 17.5. The van der Waals surface area contributed by atoms with Gasteiger partial charge in [0.15, 0.2) is 4.34 Å². The van der Waals surface area contributed by atoms with E-state index in [0.29, 0.717) is 18.8 Å². The predicted octanol–water partition coefficient (Wildman–Crippen LogP) is 3.85. The zero-order chi connectivity index (χ0) is 17.1. The fraction of sp³-hybridized carbons (Fsp3) is 0.444. The topological polar surface area (TPSA) is 42.4 Å². The van der Waals surface area contributed by atoms with Crippen LogP contribution in [0.25, 0.3) is 11.3 Å². The second-order valence-corrected chi connectivity index (χ2v) is 8.29. The van der Waals surface area contributed by atoms with Crippen LogP contribution in [0.4, 0.5) is 0 Å². The van der Waals surface area contributed by atoms with E-state index in [9.17, 15) is 4.79 Å². The van der Waals surface area contributed by atoms with Gasteiger partial charge in [-0.25, -0.2) is 4.98 Å². The van der Waals surface area contributed by atoms with Crippen LogP contribution in [0.5, 0.6) is 0 Å². The Balaban J connectivity index is 1.57. The molecule has 1 aliphatic heterocycles. The number of amides is 1. The van der Waals surface area contributed by atoms with Crippen LogP contribution in [0, 0.1) is 6.92 Å². The third-order valence-electron chi connectivity index (χ3n) is 3.92. The molecule has 2 heterocycles. The molecule has 0 spiro atoms. The summed E-state index contributed by atoms with van der Waals surface area (Å²) >= 11 is 3.11. The second kappa shape index (κ2) is 7.68. The summed E-state index contributed by atoms with van der Waals surface area (Å²) in [6, 6.07) is 8.35. The number of hydrogen-bond acceptors (Lipinski definition) is 5. The average molecular weight is 363 g/mol. The minimum atomic E-state index is 0.107. The molecule has 1 amide bonds. The fourth-order valence-electron chi connectivity index (χ4n) is 2.78. The van der Waals surface area contributed by atoms with Crippen LogP contribution in [-0.2, 0) is 9.53 Å². The third-order valence-corrected chi connectivity index (χ3v) is 5.93. The normalized spacial score (nSPS) is 21.0. The number of nitrogens with zero attached hydrogens (tertiary/aromatic N) is 2. The number of ether oxygens (including phenoxy) is 1. The molecule has 0 aliphatic carbocycles. The van der Waals surface area contributed by atoms with Gasteiger partial charge < -0.3 is 9.64 Å². The van der Waals surface area contributed by atoms with Crippen molar-refractivity contribution in [3.63, 3.8) is 0 Å². The van der Waals surface area contributed by atoms with Gasteiger partial charge in [0.05, 0.1) is 23.7 Å². The Morgan fingerprint density at radius 1 is 1.29 bits per heavy atom. The lowest BCUT2D eigenvalue weighted by Gasteiger charge is -2.35. The molecule has 0 radical (unpaired) electrons. The highest BCUT2D eigenvalue weighted by Crippen LogP contribution is 2.28. The van der Waals surface area contributed by atoms with Crippen molar-refractivity contribution in [2.75, 3.05) is 18.8 Å². The SMILES string of the molecule is Cc1ccc(-c2csc(SCC(=O)N3C[C@@H](C)O[C@H](C)C3)n2)cc1. The van der Waals surface area contributed by atoms with Crippen molar-refractivity contribution >= 4 is 29.0 Å². The minimum absolute atomic E-state index is 0.107. The summed E-state index contributed by atoms with van der Waals surface area (Å²) in [5.41, 5.74) is 3.33. The maximum atomic E-state index is 12.4. The largest absolute Gasteiger partial charge is 0.372 e. The molecule has 2 aromatic rings. The molecule has 0 N–H and O–H groups in total. The van der Waals surface area contributed by atoms with Gasteiger partial charge in [-0.3, -0.25) is 4.79 Å². The van der Waals surface area contributed by atoms with Gasteiger partial charge >= 0.3 is 0 Å². The van der Waals surface area contributed by atoms with Gasteiger partial charge in [0.25, 0.3) is 0 Å². The highest BCUT2D eigenvalue weighted by atomic mass is 32.2. The van der Waals surface area contributed by atoms with E-state index in [-0.39, 0.29) is 18.1 Å². The molecule has 4 nitrogen and oxygen atoms in total. The number of aromatic nitrogens is 1. The molecule has 1 aromatic carbocycles. The van der Waals surface area contributed by atoms with Crippen LogP contribution in [0.3, 0.4) is 0 Å². The zero-order valence-electron chi connectivity index (χ0n) is 14.2. The van der Waals surface area contributed by atoms with Crippen LogP contribution < -0.4 is 0 Å². The van der Waals surface area contributed by atoms with Gasteiger partial charge in [-0.15, -0.1) is 11.3 Å². The first-order valence-corrected chi connectivity index (χ1v) is 9.96. The van der Waals surface area contributed by atoms with Gasteiger partial charge in [0.2, 0.25) is 5.91 Å². The van der Waals surface area contributed by atoms with E-state index >= 15 is 0 Å². The lowest BCUT2D eigenvalue weighted by molar-refractivity contribution is -0.140. The Kier molecular flexibility index (Phi) is 5.58. The van der Waals surface area contributed by atoms with Crippen molar-refractivity contribution < 1.29 is 9.53 Å². The summed E-state index contributed by atoms with van der Waals surface area (Å²) in [7, 11) is 0. The van der Waals surface area contributed by atoms with Crippen molar-refractivity contribution in [1.29, 1.82) is 0 Å². The number of morpholine rings is 1. The number of hydrogen-bond donors (Lipinski definition) is 0. The maximum absolute atomic E-state index is 12.4. The summed E-state index contributed by atoms with van der Waals surface area (Å²) < 4.78 is 6.62. The summed E-state index contributed by atoms with van der Waals surface area (Å²) in [4.78, 5) is 18.9. The molecule has 1 aromatic heterocycles. The van der Waals surface area contributed by atoms with Crippen molar-refractivity contribution in [2.24, 2.45) is 0 Å². The van der Waals surface area contributed by atoms with Crippen LogP contribution >= 0.6 is 23.1 Å². The Morgan fingerprint density at radius 3 is 2.62 bits per heavy atom. The number of aryl methyl sites for hydroxylation is 1. The first-order chi connectivity index (χ1) is 11.5. The molecular weight excluding hydrogens is 340 g/mol. The summed E-state index contributed by atoms with van der Waals surface area (Å²) in [6.07, 6.45) is 0.214. The number of carbonyl (C=O) groups excluding carboxylic acids is 1. The highest BCUT2D eigenvalue weighted by molar-refractivity contribution is 8.01. The number of thiazole rings is 1. The van der Waals surface area contributed by atoms with E-state index in [0.717, 1.165) is 15.6 Å². The summed E-state index contributed by atoms with van der Waals surface area (Å²) in [6.45, 7) is 7.45. The van der Waals surface area contributed by atoms with E-state index in [1.54, 1.807) is 11.3 Å². The fourth-order valence-corrected chi connectivity index (χ4v) is 4.51. The Morgan fingerprint density at radius 2 is 1.96 bits per heavy atom. The zero-order valence-corrected chi connectivity index (χ0v) is 15.8. The van der Waals surface area contributed by atoms with E-state index in [2.05, 4.69) is 41.6 Å². The first-order valence-electron chi connectivity index (χ1n) is 8.10. The number of thioether (sulfide) groups is 1. The minimum Gasteiger partial charge on any atom is -0.372 e. The number of carbonyl (C=O) groups is 1. The maximum Gasteiger partial charge on any atom is 0.233 e. The van der Waals surface area contributed by atoms with Crippen molar-refractivity contribution in [1.82, 2.24) is 9.88 Å². The van der Waals surface area contributed by atoms with Crippen LogP contribution in [0.2, 0.25) is 0 Å². The molecule has 1 fully saturated rings. The Labute approximate surface area is 151 Å². The van der Waals surface area contributed by atoms with Crippen LogP contribution in [0.15, 0.2) is 34.0 Å². The Hall–Kier alpha value is -1.37. The molecule has 1 saturated heterocycles. The molecule has 1 aliphatic rings. The molecular formula is C18H22N2O2S2. The molecule has 24 heavy (non-hydrogen) atoms. The molecule has 2 atom stereocenters. The standard InChI is InChI=1S/C18H22N2O2S2/c1-12-4-6-15(7-5-12)16-10-23-18(19-16)24-11-17(21)20-8-13(2)22-14(3)9-20/h4-7,10,13-14H,8-9,11H2,1-3H3/t13-,14-/m1/s1. The lowest BCUT2D eigenvalue weighted by Crippen LogP contribution is -2.48. The van der Waals surface area contributed by atoms with Gasteiger partial charge in [0, 0.05) is 24.0 Å². The third kappa shape index (κ3) is 4.37. The van der Waals surface area contributed by atoms with Crippen molar-refractivity contribution in [3.8, 4) is 11.3 Å². The monoisotopic (exact) mass is 362 g/mol. The molecule has 0 bridgehead atoms. The Bertz CT molecular complexity index is 689. The van der Waals surface area contributed by atoms with Crippen molar-refractivity contribution in [3.05, 3.63) is 35.2 Å². The average Bonchev–Trinajstić information content (AvgIpc) is 3.01. The molecule has 128 valence electrons. The van der Waals surface area contributed by atoms with Gasteiger partial charge in [-0.05, 0) is 20.8 Å². The number of benzene rings is 1. The van der Waals surface area contributed by atoms with Gasteiger partial charge in [-0.1, -0.05) is 41.6 Å². The van der Waals surface area contributed by atoms with E-state index in [1.807, 2.05) is 18.7 Å². The lowest BCUT2D eigenvalue weighted by atomic mass is 10.1.